The Morgan fingerprint density at radius 3 is 2.69 bits per heavy atom. The lowest BCUT2D eigenvalue weighted by atomic mass is 10.1. The standard InChI is InChI=1S/C19H23N3O6S/c1-12-3-4-15(13(2)9-12)20-17(23)10-28-19(25)16-5-6-18(24)22(21-16)14-7-8-29(26,27)11-14/h3-4,9,14H,5-8,10-11H2,1-2H3,(H,20,23)/t14-/m1/s1. The van der Waals surface area contributed by atoms with Gasteiger partial charge in [-0.1, -0.05) is 17.7 Å². The van der Waals surface area contributed by atoms with Crippen LogP contribution in [0.25, 0.3) is 0 Å². The number of anilines is 1. The van der Waals surface area contributed by atoms with Crippen molar-refractivity contribution in [1.29, 1.82) is 0 Å². The van der Waals surface area contributed by atoms with Crippen molar-refractivity contribution in [3.8, 4) is 0 Å². The molecule has 29 heavy (non-hydrogen) atoms. The number of carbonyl (C=O) groups is 3. The Labute approximate surface area is 169 Å². The number of nitrogens with zero attached hydrogens (tertiary/aromatic N) is 2. The summed E-state index contributed by atoms with van der Waals surface area (Å²) in [6, 6.07) is 4.99. The number of ether oxygens (including phenoxy) is 1. The summed E-state index contributed by atoms with van der Waals surface area (Å²) in [6.07, 6.45) is 0.420. The predicted molar refractivity (Wildman–Crippen MR) is 106 cm³/mol. The molecule has 1 fully saturated rings. The Kier molecular flexibility index (Phi) is 6.02. The van der Waals surface area contributed by atoms with Crippen LogP contribution in [0.15, 0.2) is 23.3 Å². The molecule has 10 heteroatoms. The molecule has 2 amide bonds. The van der Waals surface area contributed by atoms with Crippen LogP contribution in [0, 0.1) is 13.8 Å². The number of aryl methyl sites for hydroxylation is 2. The van der Waals surface area contributed by atoms with Gasteiger partial charge in [0.25, 0.3) is 5.91 Å². The van der Waals surface area contributed by atoms with E-state index < -0.39 is 34.4 Å². The first-order chi connectivity index (χ1) is 13.6. The molecule has 2 heterocycles. The molecule has 2 aliphatic heterocycles. The summed E-state index contributed by atoms with van der Waals surface area (Å²) < 4.78 is 28.3. The van der Waals surface area contributed by atoms with E-state index in [0.29, 0.717) is 5.69 Å². The van der Waals surface area contributed by atoms with Gasteiger partial charge in [0.05, 0.1) is 17.5 Å². The van der Waals surface area contributed by atoms with Gasteiger partial charge in [0, 0.05) is 18.5 Å². The van der Waals surface area contributed by atoms with Gasteiger partial charge in [0.2, 0.25) is 5.91 Å². The number of hydrazone groups is 1. The summed E-state index contributed by atoms with van der Waals surface area (Å²) in [5, 5.41) is 7.79. The minimum atomic E-state index is -3.20. The van der Waals surface area contributed by atoms with E-state index in [9.17, 15) is 22.8 Å². The van der Waals surface area contributed by atoms with Crippen LogP contribution in [0.3, 0.4) is 0 Å². The second-order valence-corrected chi connectivity index (χ2v) is 9.51. The molecule has 0 unspecified atom stereocenters. The predicted octanol–water partition coefficient (Wildman–Crippen LogP) is 0.951. The van der Waals surface area contributed by atoms with Crippen LogP contribution in [-0.2, 0) is 29.0 Å². The number of hydrogen-bond acceptors (Lipinski definition) is 7. The van der Waals surface area contributed by atoms with Gasteiger partial charge in [-0.25, -0.2) is 18.2 Å². The molecule has 0 aliphatic carbocycles. The molecular formula is C19H23N3O6S. The maximum absolute atomic E-state index is 12.3. The van der Waals surface area contributed by atoms with Crippen molar-refractivity contribution in [1.82, 2.24) is 5.01 Å². The lowest BCUT2D eigenvalue weighted by Crippen LogP contribution is -2.42. The molecule has 1 aromatic carbocycles. The van der Waals surface area contributed by atoms with Crippen LogP contribution in [0.1, 0.15) is 30.4 Å². The topological polar surface area (TPSA) is 122 Å². The summed E-state index contributed by atoms with van der Waals surface area (Å²) in [4.78, 5) is 36.4. The summed E-state index contributed by atoms with van der Waals surface area (Å²) in [5.41, 5.74) is 2.59. The third-order valence-corrected chi connectivity index (χ3v) is 6.59. The molecule has 1 aromatic rings. The number of nitrogens with one attached hydrogen (secondary N) is 1. The number of sulfone groups is 1. The number of rotatable bonds is 5. The summed E-state index contributed by atoms with van der Waals surface area (Å²) in [7, 11) is -3.20. The quantitative estimate of drug-likeness (QED) is 0.707. The third-order valence-electron chi connectivity index (χ3n) is 4.84. The average Bonchev–Trinajstić information content (AvgIpc) is 3.02. The normalized spacial score (nSPS) is 20.9. The molecular weight excluding hydrogens is 398 g/mol. The highest BCUT2D eigenvalue weighted by molar-refractivity contribution is 7.91. The van der Waals surface area contributed by atoms with Gasteiger partial charge in [-0.3, -0.25) is 9.59 Å². The Bertz CT molecular complexity index is 986. The molecule has 1 N–H and O–H groups in total. The van der Waals surface area contributed by atoms with Crippen LogP contribution in [0.5, 0.6) is 0 Å². The molecule has 0 spiro atoms. The van der Waals surface area contributed by atoms with E-state index in [4.69, 9.17) is 4.74 Å². The number of hydrogen-bond donors (Lipinski definition) is 1. The molecule has 1 atom stereocenters. The maximum atomic E-state index is 12.3. The zero-order valence-corrected chi connectivity index (χ0v) is 17.1. The fraction of sp³-hybridized carbons (Fsp3) is 0.474. The second-order valence-electron chi connectivity index (χ2n) is 7.28. The average molecular weight is 421 g/mol. The highest BCUT2D eigenvalue weighted by Gasteiger charge is 2.37. The van der Waals surface area contributed by atoms with Crippen LogP contribution >= 0.6 is 0 Å². The SMILES string of the molecule is Cc1ccc(NC(=O)COC(=O)C2=NN([C@@H]3CCS(=O)(=O)C3)C(=O)CC2)c(C)c1. The number of amides is 2. The van der Waals surface area contributed by atoms with E-state index in [0.717, 1.165) is 16.1 Å². The highest BCUT2D eigenvalue weighted by Crippen LogP contribution is 2.22. The van der Waals surface area contributed by atoms with Crippen molar-refractivity contribution in [2.45, 2.75) is 39.2 Å². The fourth-order valence-electron chi connectivity index (χ4n) is 3.33. The number of benzene rings is 1. The zero-order chi connectivity index (χ0) is 21.2. The van der Waals surface area contributed by atoms with E-state index >= 15 is 0 Å². The first-order valence-electron chi connectivity index (χ1n) is 9.29. The Balaban J connectivity index is 1.59. The minimum absolute atomic E-state index is 0.00462. The van der Waals surface area contributed by atoms with Crippen molar-refractivity contribution >= 4 is 39.0 Å². The van der Waals surface area contributed by atoms with Gasteiger partial charge in [-0.15, -0.1) is 0 Å². The van der Waals surface area contributed by atoms with Crippen molar-refractivity contribution in [2.75, 3.05) is 23.4 Å². The molecule has 9 nitrogen and oxygen atoms in total. The summed E-state index contributed by atoms with van der Waals surface area (Å²) >= 11 is 0. The van der Waals surface area contributed by atoms with E-state index in [1.807, 2.05) is 26.0 Å². The molecule has 0 aromatic heterocycles. The van der Waals surface area contributed by atoms with Gasteiger partial charge >= 0.3 is 5.97 Å². The molecule has 3 rings (SSSR count). The first kappa shape index (κ1) is 21.0. The maximum Gasteiger partial charge on any atom is 0.355 e. The van der Waals surface area contributed by atoms with Gasteiger partial charge < -0.3 is 10.1 Å². The van der Waals surface area contributed by atoms with Crippen molar-refractivity contribution in [3.05, 3.63) is 29.3 Å². The van der Waals surface area contributed by atoms with E-state index in [2.05, 4.69) is 10.4 Å². The fourth-order valence-corrected chi connectivity index (χ4v) is 5.02. The molecule has 156 valence electrons. The minimum Gasteiger partial charge on any atom is -0.451 e. The summed E-state index contributed by atoms with van der Waals surface area (Å²) in [5.74, 6) is -1.77. The van der Waals surface area contributed by atoms with Crippen LogP contribution in [-0.4, -0.2) is 61.1 Å². The second kappa shape index (κ2) is 8.32. The molecule has 0 radical (unpaired) electrons. The van der Waals surface area contributed by atoms with Crippen LogP contribution in [0.2, 0.25) is 0 Å². The largest absolute Gasteiger partial charge is 0.451 e. The van der Waals surface area contributed by atoms with Crippen molar-refractivity contribution < 1.29 is 27.5 Å². The van der Waals surface area contributed by atoms with Gasteiger partial charge in [0.1, 0.15) is 5.71 Å². The van der Waals surface area contributed by atoms with Gasteiger partial charge in [0.15, 0.2) is 16.4 Å². The molecule has 1 saturated heterocycles. The van der Waals surface area contributed by atoms with E-state index in [-0.39, 0.29) is 42.4 Å². The summed E-state index contributed by atoms with van der Waals surface area (Å²) in [6.45, 7) is 3.32. The lowest BCUT2D eigenvalue weighted by Gasteiger charge is -2.27. The van der Waals surface area contributed by atoms with Crippen LogP contribution in [0.4, 0.5) is 5.69 Å². The van der Waals surface area contributed by atoms with E-state index in [1.165, 1.54) is 0 Å². The van der Waals surface area contributed by atoms with E-state index in [1.54, 1.807) is 6.07 Å². The molecule has 0 saturated carbocycles. The van der Waals surface area contributed by atoms with Crippen molar-refractivity contribution in [3.63, 3.8) is 0 Å². The Hall–Kier alpha value is -2.75. The number of esters is 1. The van der Waals surface area contributed by atoms with Gasteiger partial charge in [-0.05, 0) is 31.9 Å². The molecule has 0 bridgehead atoms. The van der Waals surface area contributed by atoms with Crippen molar-refractivity contribution in [2.24, 2.45) is 5.10 Å². The number of carbonyl (C=O) groups excluding carboxylic acids is 3. The Morgan fingerprint density at radius 2 is 2.03 bits per heavy atom. The molecule has 2 aliphatic rings. The highest BCUT2D eigenvalue weighted by atomic mass is 32.2. The smallest absolute Gasteiger partial charge is 0.355 e. The Morgan fingerprint density at radius 1 is 1.28 bits per heavy atom. The third kappa shape index (κ3) is 5.20. The van der Waals surface area contributed by atoms with Crippen LogP contribution < -0.4 is 5.32 Å². The zero-order valence-electron chi connectivity index (χ0n) is 16.3. The van der Waals surface area contributed by atoms with Gasteiger partial charge in [-0.2, -0.15) is 5.10 Å². The lowest BCUT2D eigenvalue weighted by molar-refractivity contribution is -0.141. The monoisotopic (exact) mass is 421 g/mol. The first-order valence-corrected chi connectivity index (χ1v) is 11.1.